The first kappa shape index (κ1) is 14.2. The van der Waals surface area contributed by atoms with E-state index in [9.17, 15) is 4.79 Å². The number of hydrogen-bond donors (Lipinski definition) is 2. The standard InChI is InChI=1S/C14H21N3OS/c15-13-3-1-12(2-4-13)11-14(18)16-5-6-17-7-9-19-10-8-17/h1-4H,5-11,15H2,(H,16,18). The highest BCUT2D eigenvalue weighted by Crippen LogP contribution is 2.08. The minimum atomic E-state index is 0.0798. The van der Waals surface area contributed by atoms with Gasteiger partial charge in [0, 0.05) is 43.4 Å². The zero-order valence-electron chi connectivity index (χ0n) is 11.1. The first-order valence-corrected chi connectivity index (χ1v) is 7.81. The largest absolute Gasteiger partial charge is 0.399 e. The molecule has 0 aliphatic carbocycles. The molecule has 0 aromatic heterocycles. The third-order valence-corrected chi connectivity index (χ3v) is 4.14. The van der Waals surface area contributed by atoms with Crippen LogP contribution in [0.15, 0.2) is 24.3 Å². The first-order valence-electron chi connectivity index (χ1n) is 6.65. The Morgan fingerprint density at radius 2 is 1.95 bits per heavy atom. The maximum Gasteiger partial charge on any atom is 0.224 e. The van der Waals surface area contributed by atoms with E-state index in [1.54, 1.807) is 0 Å². The number of anilines is 1. The van der Waals surface area contributed by atoms with Crippen molar-refractivity contribution in [1.82, 2.24) is 10.2 Å². The topological polar surface area (TPSA) is 58.4 Å². The van der Waals surface area contributed by atoms with Crippen LogP contribution in [-0.2, 0) is 11.2 Å². The Hall–Kier alpha value is -1.20. The van der Waals surface area contributed by atoms with E-state index in [1.165, 1.54) is 11.5 Å². The van der Waals surface area contributed by atoms with Crippen molar-refractivity contribution in [3.8, 4) is 0 Å². The van der Waals surface area contributed by atoms with Crippen LogP contribution in [0.2, 0.25) is 0 Å². The number of nitrogens with one attached hydrogen (secondary N) is 1. The molecule has 0 atom stereocenters. The second-order valence-corrected chi connectivity index (χ2v) is 5.95. The summed E-state index contributed by atoms with van der Waals surface area (Å²) in [5.74, 6) is 2.50. The zero-order chi connectivity index (χ0) is 13.5. The van der Waals surface area contributed by atoms with E-state index < -0.39 is 0 Å². The van der Waals surface area contributed by atoms with Crippen LogP contribution in [0.4, 0.5) is 5.69 Å². The van der Waals surface area contributed by atoms with Gasteiger partial charge in [0.2, 0.25) is 5.91 Å². The number of thioether (sulfide) groups is 1. The third kappa shape index (κ3) is 5.12. The summed E-state index contributed by atoms with van der Waals surface area (Å²) in [6.45, 7) is 3.96. The number of nitrogens with zero attached hydrogens (tertiary/aromatic N) is 1. The Morgan fingerprint density at radius 3 is 2.63 bits per heavy atom. The highest BCUT2D eigenvalue weighted by Gasteiger charge is 2.10. The van der Waals surface area contributed by atoms with Gasteiger partial charge < -0.3 is 11.1 Å². The summed E-state index contributed by atoms with van der Waals surface area (Å²) in [4.78, 5) is 14.2. The van der Waals surface area contributed by atoms with Crippen LogP contribution in [-0.4, -0.2) is 48.5 Å². The average molecular weight is 279 g/mol. The predicted octanol–water partition coefficient (Wildman–Crippen LogP) is 0.976. The van der Waals surface area contributed by atoms with Crippen LogP contribution in [0.25, 0.3) is 0 Å². The average Bonchev–Trinajstić information content (AvgIpc) is 2.43. The summed E-state index contributed by atoms with van der Waals surface area (Å²) in [6, 6.07) is 7.45. The molecule has 1 amide bonds. The minimum absolute atomic E-state index is 0.0798. The van der Waals surface area contributed by atoms with E-state index in [-0.39, 0.29) is 5.91 Å². The monoisotopic (exact) mass is 279 g/mol. The quantitative estimate of drug-likeness (QED) is 0.789. The van der Waals surface area contributed by atoms with Gasteiger partial charge in [0.15, 0.2) is 0 Å². The predicted molar refractivity (Wildman–Crippen MR) is 81.3 cm³/mol. The van der Waals surface area contributed by atoms with E-state index in [1.807, 2.05) is 36.0 Å². The van der Waals surface area contributed by atoms with Crippen molar-refractivity contribution >= 4 is 23.4 Å². The second-order valence-electron chi connectivity index (χ2n) is 4.72. The van der Waals surface area contributed by atoms with Gasteiger partial charge in [0.05, 0.1) is 6.42 Å². The van der Waals surface area contributed by atoms with Crippen molar-refractivity contribution < 1.29 is 4.79 Å². The van der Waals surface area contributed by atoms with Crippen LogP contribution in [0.5, 0.6) is 0 Å². The summed E-state index contributed by atoms with van der Waals surface area (Å²) < 4.78 is 0. The molecular formula is C14H21N3OS. The number of nitrogen functional groups attached to an aromatic ring is 1. The second kappa shape index (κ2) is 7.40. The van der Waals surface area contributed by atoms with Crippen LogP contribution in [0.1, 0.15) is 5.56 Å². The lowest BCUT2D eigenvalue weighted by molar-refractivity contribution is -0.120. The molecule has 3 N–H and O–H groups in total. The summed E-state index contributed by atoms with van der Waals surface area (Å²) in [5.41, 5.74) is 7.34. The Morgan fingerprint density at radius 1 is 1.26 bits per heavy atom. The fourth-order valence-corrected chi connectivity index (χ4v) is 3.04. The fraction of sp³-hybridized carbons (Fsp3) is 0.500. The summed E-state index contributed by atoms with van der Waals surface area (Å²) in [6.07, 6.45) is 0.427. The number of nitrogens with two attached hydrogens (primary N) is 1. The molecule has 1 heterocycles. The SMILES string of the molecule is Nc1ccc(CC(=O)NCCN2CCSCC2)cc1. The molecule has 4 nitrogen and oxygen atoms in total. The van der Waals surface area contributed by atoms with Crippen molar-refractivity contribution in [2.45, 2.75) is 6.42 Å². The molecule has 1 aromatic carbocycles. The van der Waals surface area contributed by atoms with Gasteiger partial charge in [-0.1, -0.05) is 12.1 Å². The van der Waals surface area contributed by atoms with E-state index in [2.05, 4.69) is 10.2 Å². The van der Waals surface area contributed by atoms with Crippen molar-refractivity contribution in [2.24, 2.45) is 0 Å². The lowest BCUT2D eigenvalue weighted by Crippen LogP contribution is -2.39. The molecule has 0 bridgehead atoms. The van der Waals surface area contributed by atoms with E-state index in [4.69, 9.17) is 5.73 Å². The van der Waals surface area contributed by atoms with E-state index in [0.717, 1.165) is 37.4 Å². The van der Waals surface area contributed by atoms with Crippen LogP contribution in [0.3, 0.4) is 0 Å². The highest BCUT2D eigenvalue weighted by atomic mass is 32.2. The highest BCUT2D eigenvalue weighted by molar-refractivity contribution is 7.99. The number of carbonyl (C=O) groups excluding carboxylic acids is 1. The smallest absolute Gasteiger partial charge is 0.224 e. The molecule has 2 rings (SSSR count). The molecule has 1 aromatic rings. The van der Waals surface area contributed by atoms with Crippen molar-refractivity contribution in [3.05, 3.63) is 29.8 Å². The van der Waals surface area contributed by atoms with Gasteiger partial charge in [-0.05, 0) is 17.7 Å². The molecular weight excluding hydrogens is 258 g/mol. The molecule has 0 spiro atoms. The molecule has 1 saturated heterocycles. The van der Waals surface area contributed by atoms with Gasteiger partial charge in [-0.3, -0.25) is 9.69 Å². The summed E-state index contributed by atoms with van der Waals surface area (Å²) in [7, 11) is 0. The number of amides is 1. The van der Waals surface area contributed by atoms with Gasteiger partial charge >= 0.3 is 0 Å². The third-order valence-electron chi connectivity index (χ3n) is 3.20. The van der Waals surface area contributed by atoms with Crippen molar-refractivity contribution in [1.29, 1.82) is 0 Å². The Kier molecular flexibility index (Phi) is 5.54. The Labute approximate surface area is 118 Å². The fourth-order valence-electron chi connectivity index (χ4n) is 2.06. The number of carbonyl (C=O) groups is 1. The van der Waals surface area contributed by atoms with Crippen molar-refractivity contribution in [3.63, 3.8) is 0 Å². The Balaban J connectivity index is 1.65. The molecule has 104 valence electrons. The van der Waals surface area contributed by atoms with Gasteiger partial charge in [-0.25, -0.2) is 0 Å². The molecule has 0 radical (unpaired) electrons. The van der Waals surface area contributed by atoms with E-state index in [0.29, 0.717) is 6.42 Å². The van der Waals surface area contributed by atoms with E-state index >= 15 is 0 Å². The first-order chi connectivity index (χ1) is 9.24. The van der Waals surface area contributed by atoms with Crippen LogP contribution >= 0.6 is 11.8 Å². The molecule has 0 saturated carbocycles. The lowest BCUT2D eigenvalue weighted by atomic mass is 10.1. The molecule has 1 aliphatic heterocycles. The van der Waals surface area contributed by atoms with Gasteiger partial charge in [-0.2, -0.15) is 11.8 Å². The van der Waals surface area contributed by atoms with Crippen molar-refractivity contribution in [2.75, 3.05) is 43.4 Å². The number of hydrogen-bond acceptors (Lipinski definition) is 4. The maximum atomic E-state index is 11.8. The molecule has 1 fully saturated rings. The van der Waals surface area contributed by atoms with Crippen LogP contribution in [0, 0.1) is 0 Å². The number of benzene rings is 1. The minimum Gasteiger partial charge on any atom is -0.399 e. The maximum absolute atomic E-state index is 11.8. The Bertz CT molecular complexity index is 402. The van der Waals surface area contributed by atoms with Crippen LogP contribution < -0.4 is 11.1 Å². The molecule has 5 heteroatoms. The molecule has 0 unspecified atom stereocenters. The zero-order valence-corrected chi connectivity index (χ0v) is 11.9. The summed E-state index contributed by atoms with van der Waals surface area (Å²) >= 11 is 2.00. The summed E-state index contributed by atoms with van der Waals surface area (Å²) in [5, 5.41) is 2.97. The number of rotatable bonds is 5. The molecule has 1 aliphatic rings. The van der Waals surface area contributed by atoms with Gasteiger partial charge in [-0.15, -0.1) is 0 Å². The lowest BCUT2D eigenvalue weighted by Gasteiger charge is -2.25. The van der Waals surface area contributed by atoms with Gasteiger partial charge in [0.1, 0.15) is 0 Å². The normalized spacial score (nSPS) is 16.2. The molecule has 19 heavy (non-hydrogen) atoms. The van der Waals surface area contributed by atoms with Gasteiger partial charge in [0.25, 0.3) is 0 Å².